The van der Waals surface area contributed by atoms with Gasteiger partial charge in [-0.05, 0) is 38.5 Å². The summed E-state index contributed by atoms with van der Waals surface area (Å²) in [5.41, 5.74) is 0. The van der Waals surface area contributed by atoms with Crippen molar-refractivity contribution < 1.29 is 15.0 Å². The van der Waals surface area contributed by atoms with Crippen molar-refractivity contribution in [1.29, 1.82) is 0 Å². The topological polar surface area (TPSA) is 69.6 Å². The molecule has 2 atom stereocenters. The molecule has 0 bridgehead atoms. The lowest BCUT2D eigenvalue weighted by atomic mass is 10.0. The summed E-state index contributed by atoms with van der Waals surface area (Å²) in [7, 11) is 0. The van der Waals surface area contributed by atoms with Crippen molar-refractivity contribution in [1.82, 2.24) is 5.32 Å². The van der Waals surface area contributed by atoms with Crippen molar-refractivity contribution in [2.45, 2.75) is 251 Å². The first-order valence-corrected chi connectivity index (χ1v) is 21.4. The van der Waals surface area contributed by atoms with Gasteiger partial charge in [-0.3, -0.25) is 4.79 Å². The number of hydrogen-bond donors (Lipinski definition) is 3. The maximum absolute atomic E-state index is 12.4. The van der Waals surface area contributed by atoms with Gasteiger partial charge < -0.3 is 15.5 Å². The zero-order valence-corrected chi connectivity index (χ0v) is 32.1. The molecule has 2 unspecified atom stereocenters. The lowest BCUT2D eigenvalue weighted by Gasteiger charge is -2.22. The molecule has 0 aromatic rings. The molecule has 0 rings (SSSR count). The fraction of sp³-hybridized carbons (Fsp3) is 0.930. The Morgan fingerprint density at radius 2 is 0.809 bits per heavy atom. The maximum Gasteiger partial charge on any atom is 0.220 e. The van der Waals surface area contributed by atoms with Crippen LogP contribution in [0.5, 0.6) is 0 Å². The van der Waals surface area contributed by atoms with E-state index in [9.17, 15) is 15.0 Å². The zero-order chi connectivity index (χ0) is 34.3. The summed E-state index contributed by atoms with van der Waals surface area (Å²) < 4.78 is 0. The Kier molecular flexibility index (Phi) is 38.8. The summed E-state index contributed by atoms with van der Waals surface area (Å²) in [5.74, 6) is -0.0342. The fourth-order valence-electron chi connectivity index (χ4n) is 6.71. The largest absolute Gasteiger partial charge is 0.394 e. The molecule has 4 heteroatoms. The number of aliphatic hydroxyl groups is 2. The minimum atomic E-state index is -0.657. The summed E-state index contributed by atoms with van der Waals surface area (Å²) in [4.78, 5) is 12.4. The van der Waals surface area contributed by atoms with E-state index in [4.69, 9.17) is 0 Å². The molecule has 1 amide bonds. The third kappa shape index (κ3) is 36.2. The molecule has 3 N–H and O–H groups in total. The van der Waals surface area contributed by atoms with Gasteiger partial charge in [0.05, 0.1) is 18.8 Å². The van der Waals surface area contributed by atoms with Crippen LogP contribution in [-0.2, 0) is 4.79 Å². The number of aliphatic hydroxyl groups excluding tert-OH is 2. The van der Waals surface area contributed by atoms with Gasteiger partial charge in [0.1, 0.15) is 0 Å². The number of carbonyl (C=O) groups is 1. The van der Waals surface area contributed by atoms with E-state index in [1.807, 2.05) is 0 Å². The third-order valence-corrected chi connectivity index (χ3v) is 10.0. The van der Waals surface area contributed by atoms with E-state index in [0.29, 0.717) is 12.8 Å². The Morgan fingerprint density at radius 3 is 1.19 bits per heavy atom. The van der Waals surface area contributed by atoms with Crippen molar-refractivity contribution in [2.75, 3.05) is 6.61 Å². The molecular weight excluding hydrogens is 578 g/mol. The number of nitrogens with one attached hydrogen (secondary N) is 1. The number of unbranched alkanes of at least 4 members (excludes halogenated alkanes) is 30. The standard InChI is InChI=1S/C43H85NO3/c1-3-5-7-9-11-13-15-17-19-20-21-22-23-25-26-28-30-32-34-36-38-42(46)41(40-45)44-43(47)39-37-35-33-31-29-27-24-18-16-14-12-10-8-6-4-2/h14,16,41-42,45-46H,3-13,15,17-40H2,1-2H3,(H,44,47)/b16-14-. The summed E-state index contributed by atoms with van der Waals surface area (Å²) in [6, 6.07) is -0.534. The van der Waals surface area contributed by atoms with Crippen molar-refractivity contribution >= 4 is 5.91 Å². The van der Waals surface area contributed by atoms with Gasteiger partial charge in [-0.15, -0.1) is 0 Å². The molecule has 0 fully saturated rings. The highest BCUT2D eigenvalue weighted by Crippen LogP contribution is 2.16. The normalized spacial score (nSPS) is 13.0. The second kappa shape index (κ2) is 39.6. The molecule has 0 aliphatic carbocycles. The first-order chi connectivity index (χ1) is 23.2. The van der Waals surface area contributed by atoms with Gasteiger partial charge in [-0.25, -0.2) is 0 Å². The minimum Gasteiger partial charge on any atom is -0.394 e. The Labute approximate surface area is 295 Å². The fourth-order valence-corrected chi connectivity index (χ4v) is 6.71. The summed E-state index contributed by atoms with van der Waals surface area (Å²) >= 11 is 0. The SMILES string of the molecule is CCCCCC/C=C\CCCCCCCCCC(=O)NC(CO)C(O)CCCCCCCCCCCCCCCCCCCCCC. The van der Waals surface area contributed by atoms with Gasteiger partial charge in [0.2, 0.25) is 5.91 Å². The zero-order valence-electron chi connectivity index (χ0n) is 32.1. The Morgan fingerprint density at radius 1 is 0.489 bits per heavy atom. The van der Waals surface area contributed by atoms with Crippen LogP contribution in [0.3, 0.4) is 0 Å². The molecule has 0 spiro atoms. The molecule has 280 valence electrons. The lowest BCUT2D eigenvalue weighted by Crippen LogP contribution is -2.45. The van der Waals surface area contributed by atoms with Crippen LogP contribution in [0.25, 0.3) is 0 Å². The summed E-state index contributed by atoms with van der Waals surface area (Å²) in [5, 5.41) is 23.2. The van der Waals surface area contributed by atoms with E-state index in [2.05, 4.69) is 31.3 Å². The Bertz CT molecular complexity index is 637. The quantitative estimate of drug-likeness (QED) is 0.0453. The van der Waals surface area contributed by atoms with Crippen LogP contribution in [0.4, 0.5) is 0 Å². The predicted octanol–water partition coefficient (Wildman–Crippen LogP) is 13.1. The molecule has 0 aliphatic heterocycles. The van der Waals surface area contributed by atoms with Gasteiger partial charge >= 0.3 is 0 Å². The van der Waals surface area contributed by atoms with Crippen LogP contribution >= 0.6 is 0 Å². The Balaban J connectivity index is 3.49. The average molecular weight is 664 g/mol. The van der Waals surface area contributed by atoms with Crippen LogP contribution < -0.4 is 5.32 Å². The number of rotatable bonds is 39. The number of hydrogen-bond acceptors (Lipinski definition) is 3. The van der Waals surface area contributed by atoms with Gasteiger partial charge in [-0.1, -0.05) is 206 Å². The van der Waals surface area contributed by atoms with E-state index in [1.165, 1.54) is 186 Å². The van der Waals surface area contributed by atoms with Crippen LogP contribution in [-0.4, -0.2) is 34.9 Å². The van der Waals surface area contributed by atoms with Gasteiger partial charge in [0.25, 0.3) is 0 Å². The summed E-state index contributed by atoms with van der Waals surface area (Å²) in [6.07, 6.45) is 48.5. The molecule has 4 nitrogen and oxygen atoms in total. The number of amides is 1. The van der Waals surface area contributed by atoms with Crippen molar-refractivity contribution in [3.63, 3.8) is 0 Å². The lowest BCUT2D eigenvalue weighted by molar-refractivity contribution is -0.123. The highest BCUT2D eigenvalue weighted by Gasteiger charge is 2.20. The van der Waals surface area contributed by atoms with Crippen LogP contribution in [0.2, 0.25) is 0 Å². The molecule has 0 heterocycles. The molecule has 0 aromatic heterocycles. The molecule has 0 radical (unpaired) electrons. The van der Waals surface area contributed by atoms with E-state index >= 15 is 0 Å². The van der Waals surface area contributed by atoms with E-state index < -0.39 is 12.1 Å². The van der Waals surface area contributed by atoms with E-state index in [-0.39, 0.29) is 12.5 Å². The molecular formula is C43H85NO3. The molecule has 0 saturated carbocycles. The average Bonchev–Trinajstić information content (AvgIpc) is 3.07. The molecule has 0 aromatic carbocycles. The van der Waals surface area contributed by atoms with Gasteiger partial charge in [-0.2, -0.15) is 0 Å². The highest BCUT2D eigenvalue weighted by molar-refractivity contribution is 5.76. The first-order valence-electron chi connectivity index (χ1n) is 21.4. The molecule has 0 aliphatic rings. The number of carbonyl (C=O) groups excluding carboxylic acids is 1. The second-order valence-corrected chi connectivity index (χ2v) is 14.8. The van der Waals surface area contributed by atoms with Crippen molar-refractivity contribution in [2.24, 2.45) is 0 Å². The third-order valence-electron chi connectivity index (χ3n) is 10.0. The highest BCUT2D eigenvalue weighted by atomic mass is 16.3. The van der Waals surface area contributed by atoms with E-state index in [0.717, 1.165) is 25.7 Å². The second-order valence-electron chi connectivity index (χ2n) is 14.8. The number of allylic oxidation sites excluding steroid dienone is 2. The smallest absolute Gasteiger partial charge is 0.220 e. The molecule has 0 saturated heterocycles. The van der Waals surface area contributed by atoms with Crippen molar-refractivity contribution in [3.8, 4) is 0 Å². The van der Waals surface area contributed by atoms with Crippen LogP contribution in [0.15, 0.2) is 12.2 Å². The monoisotopic (exact) mass is 664 g/mol. The van der Waals surface area contributed by atoms with Crippen LogP contribution in [0.1, 0.15) is 239 Å². The molecule has 47 heavy (non-hydrogen) atoms. The van der Waals surface area contributed by atoms with Gasteiger partial charge in [0, 0.05) is 6.42 Å². The minimum absolute atomic E-state index is 0.0342. The first kappa shape index (κ1) is 46.1. The van der Waals surface area contributed by atoms with Crippen molar-refractivity contribution in [3.05, 3.63) is 12.2 Å². The Hall–Kier alpha value is -0.870. The summed E-state index contributed by atoms with van der Waals surface area (Å²) in [6.45, 7) is 4.36. The van der Waals surface area contributed by atoms with Crippen LogP contribution in [0, 0.1) is 0 Å². The van der Waals surface area contributed by atoms with Gasteiger partial charge in [0.15, 0.2) is 0 Å². The van der Waals surface area contributed by atoms with E-state index in [1.54, 1.807) is 0 Å². The maximum atomic E-state index is 12.4. The predicted molar refractivity (Wildman–Crippen MR) is 207 cm³/mol.